The smallest absolute Gasteiger partial charge is 0.260 e. The van der Waals surface area contributed by atoms with Crippen LogP contribution in [0.5, 0.6) is 0 Å². The molecule has 0 aliphatic heterocycles. The standard InChI is InChI=1S/C22H15Cl2N3O2/c23-14-9-10-16(15(24)12-14)26-22(29)18-17-8-4-5-11-27(17)20(19(18)25)21(28)13-6-2-1-3-7-13/h1-12H,25H2,(H,26,29). The molecule has 2 aromatic heterocycles. The van der Waals surface area contributed by atoms with E-state index in [4.69, 9.17) is 28.9 Å². The number of hydrogen-bond acceptors (Lipinski definition) is 3. The lowest BCUT2D eigenvalue weighted by atomic mass is 10.1. The lowest BCUT2D eigenvalue weighted by Crippen LogP contribution is -2.14. The van der Waals surface area contributed by atoms with Crippen LogP contribution in [-0.2, 0) is 0 Å². The lowest BCUT2D eigenvalue weighted by molar-refractivity contribution is 0.102. The van der Waals surface area contributed by atoms with Crippen LogP contribution < -0.4 is 11.1 Å². The van der Waals surface area contributed by atoms with Crippen LogP contribution >= 0.6 is 23.2 Å². The second-order valence-electron chi connectivity index (χ2n) is 6.37. The first-order chi connectivity index (χ1) is 14.0. The minimum absolute atomic E-state index is 0.104. The molecular weight excluding hydrogens is 409 g/mol. The van der Waals surface area contributed by atoms with E-state index in [1.54, 1.807) is 65.2 Å². The predicted octanol–water partition coefficient (Wildman–Crippen LogP) is 5.31. The summed E-state index contributed by atoms with van der Waals surface area (Å²) < 4.78 is 1.63. The Kier molecular flexibility index (Phi) is 5.01. The minimum atomic E-state index is -0.470. The van der Waals surface area contributed by atoms with Crippen LogP contribution in [0.25, 0.3) is 5.52 Å². The second kappa shape index (κ2) is 7.62. The maximum absolute atomic E-state index is 13.1. The number of nitrogens with two attached hydrogens (primary N) is 1. The first-order valence-corrected chi connectivity index (χ1v) is 9.47. The number of nitrogens with one attached hydrogen (secondary N) is 1. The average molecular weight is 424 g/mol. The van der Waals surface area contributed by atoms with Crippen molar-refractivity contribution >= 4 is 51.8 Å². The van der Waals surface area contributed by atoms with Crippen LogP contribution in [0.15, 0.2) is 72.9 Å². The van der Waals surface area contributed by atoms with Gasteiger partial charge in [-0.25, -0.2) is 0 Å². The molecule has 0 saturated carbocycles. The number of aromatic nitrogens is 1. The number of nitrogen functional groups attached to an aromatic ring is 1. The van der Waals surface area contributed by atoms with Crippen LogP contribution in [0.1, 0.15) is 26.4 Å². The summed E-state index contributed by atoms with van der Waals surface area (Å²) in [6.45, 7) is 0. The molecular formula is C22H15Cl2N3O2. The Balaban J connectivity index is 1.82. The molecule has 0 unspecified atom stereocenters. The van der Waals surface area contributed by atoms with Crippen LogP contribution in [0.2, 0.25) is 10.0 Å². The molecule has 4 aromatic rings. The summed E-state index contributed by atoms with van der Waals surface area (Å²) in [4.78, 5) is 26.1. The number of halogens is 2. The molecule has 0 atom stereocenters. The normalized spacial score (nSPS) is 10.8. The van der Waals surface area contributed by atoms with E-state index in [9.17, 15) is 9.59 Å². The van der Waals surface area contributed by atoms with Crippen molar-refractivity contribution in [3.8, 4) is 0 Å². The first kappa shape index (κ1) is 19.1. The summed E-state index contributed by atoms with van der Waals surface area (Å²) in [6.07, 6.45) is 1.70. The maximum Gasteiger partial charge on any atom is 0.260 e. The predicted molar refractivity (Wildman–Crippen MR) is 116 cm³/mol. The van der Waals surface area contributed by atoms with Gasteiger partial charge in [-0.15, -0.1) is 0 Å². The van der Waals surface area contributed by atoms with Gasteiger partial charge < -0.3 is 15.5 Å². The van der Waals surface area contributed by atoms with Crippen LogP contribution in [-0.4, -0.2) is 16.1 Å². The van der Waals surface area contributed by atoms with Gasteiger partial charge >= 0.3 is 0 Å². The van der Waals surface area contributed by atoms with Crippen LogP contribution in [0.4, 0.5) is 11.4 Å². The van der Waals surface area contributed by atoms with Crippen molar-refractivity contribution < 1.29 is 9.59 Å². The van der Waals surface area contributed by atoms with Gasteiger partial charge in [0.2, 0.25) is 5.78 Å². The largest absolute Gasteiger partial charge is 0.396 e. The summed E-state index contributed by atoms with van der Waals surface area (Å²) in [5, 5.41) is 3.50. The SMILES string of the molecule is Nc1c(C(=O)Nc2ccc(Cl)cc2Cl)c2ccccn2c1C(=O)c1ccccc1. The van der Waals surface area contributed by atoms with E-state index in [2.05, 4.69) is 5.32 Å². The van der Waals surface area contributed by atoms with E-state index >= 15 is 0 Å². The molecule has 7 heteroatoms. The summed E-state index contributed by atoms with van der Waals surface area (Å²) in [6, 6.07) is 18.8. The molecule has 144 valence electrons. The number of amides is 1. The zero-order chi connectivity index (χ0) is 20.5. The molecule has 0 spiro atoms. The molecule has 0 aliphatic rings. The highest BCUT2D eigenvalue weighted by molar-refractivity contribution is 6.37. The summed E-state index contributed by atoms with van der Waals surface area (Å²) in [5.41, 5.74) is 8.26. The van der Waals surface area contributed by atoms with E-state index in [1.807, 2.05) is 6.07 Å². The van der Waals surface area contributed by atoms with E-state index < -0.39 is 5.91 Å². The number of ketones is 1. The molecule has 0 radical (unpaired) electrons. The molecule has 29 heavy (non-hydrogen) atoms. The molecule has 3 N–H and O–H groups in total. The van der Waals surface area contributed by atoms with Crippen molar-refractivity contribution in [3.05, 3.63) is 99.8 Å². The molecule has 2 heterocycles. The van der Waals surface area contributed by atoms with Gasteiger partial charge in [0.25, 0.3) is 5.91 Å². The Morgan fingerprint density at radius 2 is 1.66 bits per heavy atom. The van der Waals surface area contributed by atoms with Crippen LogP contribution in [0.3, 0.4) is 0 Å². The minimum Gasteiger partial charge on any atom is -0.396 e. The van der Waals surface area contributed by atoms with Gasteiger partial charge in [0, 0.05) is 16.8 Å². The number of rotatable bonds is 4. The van der Waals surface area contributed by atoms with E-state index in [0.717, 1.165) is 0 Å². The fourth-order valence-corrected chi connectivity index (χ4v) is 3.66. The molecule has 0 saturated heterocycles. The van der Waals surface area contributed by atoms with Crippen LogP contribution in [0, 0.1) is 0 Å². The fraction of sp³-hybridized carbons (Fsp3) is 0. The maximum atomic E-state index is 13.1. The number of carbonyl (C=O) groups excluding carboxylic acids is 2. The molecule has 0 bridgehead atoms. The summed E-state index contributed by atoms with van der Waals surface area (Å²) in [5.74, 6) is -0.740. The van der Waals surface area contributed by atoms with Gasteiger partial charge in [0.05, 0.1) is 27.5 Å². The van der Waals surface area contributed by atoms with E-state index in [-0.39, 0.29) is 22.7 Å². The topological polar surface area (TPSA) is 76.6 Å². The number of carbonyl (C=O) groups is 2. The van der Waals surface area contributed by atoms with Gasteiger partial charge in [-0.05, 0) is 30.3 Å². The quantitative estimate of drug-likeness (QED) is 0.436. The highest BCUT2D eigenvalue weighted by Crippen LogP contribution is 2.31. The molecule has 4 rings (SSSR count). The first-order valence-electron chi connectivity index (χ1n) is 8.72. The summed E-state index contributed by atoms with van der Waals surface area (Å²) in [7, 11) is 0. The second-order valence-corrected chi connectivity index (χ2v) is 7.21. The Labute approximate surface area is 176 Å². The molecule has 0 fully saturated rings. The van der Waals surface area contributed by atoms with E-state index in [0.29, 0.717) is 26.8 Å². The highest BCUT2D eigenvalue weighted by Gasteiger charge is 2.26. The number of pyridine rings is 1. The van der Waals surface area contributed by atoms with Crippen molar-refractivity contribution in [3.63, 3.8) is 0 Å². The van der Waals surface area contributed by atoms with Crippen molar-refractivity contribution in [2.75, 3.05) is 11.1 Å². The number of benzene rings is 2. The third-order valence-electron chi connectivity index (χ3n) is 4.54. The third-order valence-corrected chi connectivity index (χ3v) is 5.09. The lowest BCUT2D eigenvalue weighted by Gasteiger charge is -2.08. The number of hydrogen-bond donors (Lipinski definition) is 2. The fourth-order valence-electron chi connectivity index (χ4n) is 3.20. The van der Waals surface area contributed by atoms with E-state index in [1.165, 1.54) is 6.07 Å². The van der Waals surface area contributed by atoms with Crippen molar-refractivity contribution in [2.45, 2.75) is 0 Å². The number of nitrogens with zero attached hydrogens (tertiary/aromatic N) is 1. The average Bonchev–Trinajstić information content (AvgIpc) is 3.02. The van der Waals surface area contributed by atoms with Gasteiger partial charge in [-0.3, -0.25) is 9.59 Å². The molecule has 0 aliphatic carbocycles. The number of fused-ring (bicyclic) bond motifs is 1. The third kappa shape index (κ3) is 3.46. The van der Waals surface area contributed by atoms with Gasteiger partial charge in [0.1, 0.15) is 5.69 Å². The zero-order valence-electron chi connectivity index (χ0n) is 15.0. The number of anilines is 2. The van der Waals surface area contributed by atoms with Gasteiger partial charge in [0.15, 0.2) is 0 Å². The summed E-state index contributed by atoms with van der Waals surface area (Å²) >= 11 is 12.1. The molecule has 5 nitrogen and oxygen atoms in total. The van der Waals surface area contributed by atoms with Crippen molar-refractivity contribution in [1.82, 2.24) is 4.40 Å². The van der Waals surface area contributed by atoms with Gasteiger partial charge in [-0.1, -0.05) is 59.6 Å². The van der Waals surface area contributed by atoms with Gasteiger partial charge in [-0.2, -0.15) is 0 Å². The Hall–Kier alpha value is -3.28. The Morgan fingerprint density at radius 3 is 2.38 bits per heavy atom. The zero-order valence-corrected chi connectivity index (χ0v) is 16.5. The van der Waals surface area contributed by atoms with Crippen molar-refractivity contribution in [1.29, 1.82) is 0 Å². The highest BCUT2D eigenvalue weighted by atomic mass is 35.5. The molecule has 1 amide bonds. The molecule has 2 aromatic carbocycles. The monoisotopic (exact) mass is 423 g/mol. The Morgan fingerprint density at radius 1 is 0.931 bits per heavy atom. The Bertz CT molecular complexity index is 1250. The van der Waals surface area contributed by atoms with Crippen molar-refractivity contribution in [2.24, 2.45) is 0 Å².